The molecule has 10 heavy (non-hydrogen) atoms. The van der Waals surface area contributed by atoms with Gasteiger partial charge in [0.25, 0.3) is 0 Å². The Kier molecular flexibility index (Phi) is 1.64. The van der Waals surface area contributed by atoms with Gasteiger partial charge in [0.05, 0.1) is 8.71 Å². The van der Waals surface area contributed by atoms with Crippen molar-refractivity contribution in [2.24, 2.45) is 0 Å². The second-order valence-corrected chi connectivity index (χ2v) is 6.35. The van der Waals surface area contributed by atoms with Gasteiger partial charge in [-0.1, -0.05) is 12.2 Å². The van der Waals surface area contributed by atoms with Gasteiger partial charge in [-0.15, -0.1) is 34.0 Å². The molecule has 2 aromatic rings. The topological polar surface area (TPSA) is 0 Å². The van der Waals surface area contributed by atoms with Crippen LogP contribution in [0.2, 0.25) is 0 Å². The Bertz CT molecular complexity index is 402. The molecule has 4 heteroatoms. The zero-order chi connectivity index (χ0) is 7.14. The van der Waals surface area contributed by atoms with Crippen molar-refractivity contribution in [2.45, 2.75) is 6.92 Å². The molecule has 0 bridgehead atoms. The van der Waals surface area contributed by atoms with E-state index in [0.29, 0.717) is 0 Å². The molecule has 0 aliphatic carbocycles. The highest BCUT2D eigenvalue weighted by atomic mass is 32.2. The lowest BCUT2D eigenvalue weighted by molar-refractivity contribution is 1.63. The van der Waals surface area contributed by atoms with Crippen LogP contribution in [0.25, 0.3) is 8.71 Å². The normalized spacial score (nSPS) is 10.9. The van der Waals surface area contributed by atoms with Gasteiger partial charge in [0.1, 0.15) is 3.14 Å². The van der Waals surface area contributed by atoms with Gasteiger partial charge in [-0.3, -0.25) is 0 Å². The van der Waals surface area contributed by atoms with E-state index in [2.05, 4.69) is 12.3 Å². The lowest BCUT2D eigenvalue weighted by Crippen LogP contribution is -1.53. The number of rotatable bonds is 0. The van der Waals surface area contributed by atoms with E-state index in [0.717, 1.165) is 3.14 Å². The molecule has 0 spiro atoms. The molecule has 0 unspecified atom stereocenters. The Hall–Kier alpha value is 0.230. The van der Waals surface area contributed by atoms with Crippen molar-refractivity contribution in [3.05, 3.63) is 14.1 Å². The van der Waals surface area contributed by atoms with Crippen LogP contribution in [0, 0.1) is 10.1 Å². The summed E-state index contributed by atoms with van der Waals surface area (Å²) in [6.45, 7) is 2.14. The van der Waals surface area contributed by atoms with Crippen LogP contribution in [0.4, 0.5) is 0 Å². The second-order valence-electron chi connectivity index (χ2n) is 1.99. The van der Waals surface area contributed by atoms with Crippen LogP contribution in [0.15, 0.2) is 5.38 Å². The van der Waals surface area contributed by atoms with E-state index in [1.165, 1.54) is 14.3 Å². The molecular weight excluding hydrogens is 200 g/mol. The highest BCUT2D eigenvalue weighted by Gasteiger charge is 2.01. The molecule has 0 N–H and O–H groups in total. The Balaban J connectivity index is 3.03. The molecular formula is C6H4S4. The lowest BCUT2D eigenvalue weighted by Gasteiger charge is -1.74. The van der Waals surface area contributed by atoms with Crippen LogP contribution in [0.5, 0.6) is 0 Å². The molecule has 0 saturated carbocycles. The molecule has 2 rings (SSSR count). The summed E-state index contributed by atoms with van der Waals surface area (Å²) in [6, 6.07) is 0. The third-order valence-electron chi connectivity index (χ3n) is 1.25. The van der Waals surface area contributed by atoms with Crippen molar-refractivity contribution in [3.63, 3.8) is 0 Å². The molecule has 0 saturated heterocycles. The number of hydrogen-bond donors (Lipinski definition) is 0. The Morgan fingerprint density at radius 2 is 2.20 bits per heavy atom. The van der Waals surface area contributed by atoms with Gasteiger partial charge in [0.15, 0.2) is 0 Å². The van der Waals surface area contributed by atoms with E-state index < -0.39 is 0 Å². The number of fused-ring (bicyclic) bond motifs is 1. The van der Waals surface area contributed by atoms with Crippen LogP contribution in [-0.4, -0.2) is 0 Å². The van der Waals surface area contributed by atoms with Gasteiger partial charge in [0.2, 0.25) is 0 Å². The minimum Gasteiger partial charge on any atom is -0.132 e. The second kappa shape index (κ2) is 2.37. The molecule has 0 amide bonds. The largest absolute Gasteiger partial charge is 0.145 e. The maximum absolute atomic E-state index is 5.07. The molecule has 0 aromatic carbocycles. The summed E-state index contributed by atoms with van der Waals surface area (Å²) in [5.41, 5.74) is 1.37. The van der Waals surface area contributed by atoms with Gasteiger partial charge in [-0.25, -0.2) is 0 Å². The van der Waals surface area contributed by atoms with Crippen molar-refractivity contribution < 1.29 is 0 Å². The van der Waals surface area contributed by atoms with Gasteiger partial charge < -0.3 is 0 Å². The monoisotopic (exact) mass is 204 g/mol. The molecule has 2 aromatic heterocycles. The Morgan fingerprint density at radius 3 is 2.90 bits per heavy atom. The minimum absolute atomic E-state index is 1.05. The van der Waals surface area contributed by atoms with Crippen LogP contribution < -0.4 is 0 Å². The highest BCUT2D eigenvalue weighted by molar-refractivity contribution is 7.77. The first-order valence-corrected chi connectivity index (χ1v) is 5.67. The zero-order valence-corrected chi connectivity index (χ0v) is 8.48. The summed E-state index contributed by atoms with van der Waals surface area (Å²) in [5, 5.41) is 2.19. The Labute approximate surface area is 75.8 Å². The summed E-state index contributed by atoms with van der Waals surface area (Å²) < 4.78 is 3.82. The predicted molar refractivity (Wildman–Crippen MR) is 53.2 cm³/mol. The summed E-state index contributed by atoms with van der Waals surface area (Å²) in [6.07, 6.45) is 0. The van der Waals surface area contributed by atoms with Crippen molar-refractivity contribution in [3.8, 4) is 0 Å². The smallest absolute Gasteiger partial charge is 0.132 e. The minimum atomic E-state index is 1.05. The van der Waals surface area contributed by atoms with Crippen molar-refractivity contribution >= 4 is 54.9 Å². The van der Waals surface area contributed by atoms with Gasteiger partial charge >= 0.3 is 0 Å². The standard InChI is InChI=1S/C6H4S4/c1-3-2-8-5-4(3)9-6(7)10-5/h2H,1H3. The molecule has 0 aliphatic heterocycles. The van der Waals surface area contributed by atoms with Crippen LogP contribution >= 0.6 is 46.2 Å². The van der Waals surface area contributed by atoms with Gasteiger partial charge in [-0.05, 0) is 17.9 Å². The average molecular weight is 204 g/mol. The molecule has 0 aliphatic rings. The van der Waals surface area contributed by atoms with E-state index in [1.807, 2.05) is 0 Å². The number of aryl methyl sites for hydroxylation is 1. The average Bonchev–Trinajstić information content (AvgIpc) is 2.35. The first-order valence-electron chi connectivity index (χ1n) is 2.75. The predicted octanol–water partition coefficient (Wildman–Crippen LogP) is 4.06. The van der Waals surface area contributed by atoms with E-state index in [9.17, 15) is 0 Å². The van der Waals surface area contributed by atoms with Gasteiger partial charge in [0, 0.05) is 0 Å². The van der Waals surface area contributed by atoms with E-state index >= 15 is 0 Å². The van der Waals surface area contributed by atoms with Crippen LogP contribution in [0.3, 0.4) is 0 Å². The van der Waals surface area contributed by atoms with Crippen molar-refractivity contribution in [1.82, 2.24) is 0 Å². The maximum atomic E-state index is 5.07. The van der Waals surface area contributed by atoms with Crippen LogP contribution in [-0.2, 0) is 0 Å². The third kappa shape index (κ3) is 0.955. The van der Waals surface area contributed by atoms with Crippen molar-refractivity contribution in [2.75, 3.05) is 0 Å². The summed E-state index contributed by atoms with van der Waals surface area (Å²) >= 11 is 10.3. The molecule has 0 radical (unpaired) electrons. The lowest BCUT2D eigenvalue weighted by atomic mass is 10.4. The number of thiophene rings is 1. The van der Waals surface area contributed by atoms with Gasteiger partial charge in [-0.2, -0.15) is 0 Å². The fraction of sp³-hybridized carbons (Fsp3) is 0.167. The molecule has 0 fully saturated rings. The first-order chi connectivity index (χ1) is 4.77. The first kappa shape index (κ1) is 6.91. The maximum Gasteiger partial charge on any atom is 0.145 e. The van der Waals surface area contributed by atoms with E-state index in [1.54, 1.807) is 34.0 Å². The zero-order valence-electron chi connectivity index (χ0n) is 5.21. The summed E-state index contributed by atoms with van der Waals surface area (Å²) in [7, 11) is 0. The quantitative estimate of drug-likeness (QED) is 0.583. The highest BCUT2D eigenvalue weighted by Crippen LogP contribution is 2.35. The van der Waals surface area contributed by atoms with E-state index in [4.69, 9.17) is 12.2 Å². The molecule has 2 heterocycles. The summed E-state index contributed by atoms with van der Waals surface area (Å²) in [4.78, 5) is 0. The Morgan fingerprint density at radius 1 is 1.40 bits per heavy atom. The molecule has 52 valence electrons. The fourth-order valence-electron chi connectivity index (χ4n) is 0.782. The SMILES string of the molecule is Cc1csc2sc(=S)sc12. The van der Waals surface area contributed by atoms with Crippen LogP contribution in [0.1, 0.15) is 5.56 Å². The number of hydrogen-bond acceptors (Lipinski definition) is 4. The van der Waals surface area contributed by atoms with Crippen molar-refractivity contribution in [1.29, 1.82) is 0 Å². The summed E-state index contributed by atoms with van der Waals surface area (Å²) in [5.74, 6) is 0. The fourth-order valence-corrected chi connectivity index (χ4v) is 4.99. The van der Waals surface area contributed by atoms with E-state index in [-0.39, 0.29) is 0 Å². The molecule has 0 nitrogen and oxygen atoms in total. The molecule has 0 atom stereocenters. The third-order valence-corrected chi connectivity index (χ3v) is 5.39.